The Morgan fingerprint density at radius 3 is 2.43 bits per heavy atom. The minimum atomic E-state index is -0.884. The van der Waals surface area contributed by atoms with Crippen molar-refractivity contribution in [3.8, 4) is 17.4 Å². The molecule has 0 atom stereocenters. The van der Waals surface area contributed by atoms with Crippen LogP contribution < -0.4 is 16.8 Å². The van der Waals surface area contributed by atoms with Crippen molar-refractivity contribution >= 4 is 34.2 Å². The van der Waals surface area contributed by atoms with Gasteiger partial charge in [-0.1, -0.05) is 42.5 Å². The van der Waals surface area contributed by atoms with Crippen LogP contribution >= 0.6 is 23.2 Å². The molecule has 0 spiro atoms. The monoisotopic (exact) mass is 511 g/mol. The third-order valence-corrected chi connectivity index (χ3v) is 6.86. The molecule has 1 aliphatic rings. The van der Waals surface area contributed by atoms with Crippen LogP contribution in [0.3, 0.4) is 0 Å². The number of pyridine rings is 1. The van der Waals surface area contributed by atoms with Gasteiger partial charge in [-0.3, -0.25) is 14.6 Å². The first kappa shape index (κ1) is 23.1. The van der Waals surface area contributed by atoms with Crippen LogP contribution in [0.5, 0.6) is 0 Å². The average molecular weight is 512 g/mol. The van der Waals surface area contributed by atoms with Crippen molar-refractivity contribution in [3.05, 3.63) is 77.4 Å². The summed E-state index contributed by atoms with van der Waals surface area (Å²) in [6.07, 6.45) is 7.40. The van der Waals surface area contributed by atoms with Crippen LogP contribution in [0.1, 0.15) is 37.8 Å². The van der Waals surface area contributed by atoms with E-state index in [-0.39, 0.29) is 21.3 Å². The lowest BCUT2D eigenvalue weighted by Gasteiger charge is -2.22. The fourth-order valence-electron chi connectivity index (χ4n) is 4.59. The van der Waals surface area contributed by atoms with E-state index in [4.69, 9.17) is 28.5 Å². The molecule has 178 valence electrons. The number of hydrogen-bond donors (Lipinski definition) is 1. The molecule has 12 heteroatoms. The highest BCUT2D eigenvalue weighted by molar-refractivity contribution is 6.38. The largest absolute Gasteiger partial charge is 0.349 e. The normalized spacial score (nSPS) is 14.3. The van der Waals surface area contributed by atoms with E-state index in [0.29, 0.717) is 29.2 Å². The fraction of sp³-hybridized carbons (Fsp3) is 0.304. The third kappa shape index (κ3) is 4.17. The highest BCUT2D eigenvalue weighted by Gasteiger charge is 2.20. The standard InChI is InChI=1S/C23H19Cl2N7O3/c24-15-8-14(31-23(35)28-22(34)17(10-26)29-31)9-16(25)21(15)32-18-6-7-20(33)30(19(18)11-27-32)12-13-4-2-1-3-5-13/h6-9,11,13H,1-5,12H2,(H,28,34,35). The van der Waals surface area contributed by atoms with Crippen LogP contribution in [0.15, 0.2) is 44.8 Å². The number of hydrogen-bond acceptors (Lipinski definition) is 6. The molecule has 1 fully saturated rings. The Balaban J connectivity index is 1.60. The van der Waals surface area contributed by atoms with Crippen molar-refractivity contribution in [1.29, 1.82) is 5.26 Å². The summed E-state index contributed by atoms with van der Waals surface area (Å²) in [7, 11) is 0. The summed E-state index contributed by atoms with van der Waals surface area (Å²) in [6.45, 7) is 0.629. The fourth-order valence-corrected chi connectivity index (χ4v) is 5.23. The number of aromatic nitrogens is 6. The Hall–Kier alpha value is -3.68. The maximum atomic E-state index is 12.7. The molecule has 35 heavy (non-hydrogen) atoms. The Morgan fingerprint density at radius 1 is 1.03 bits per heavy atom. The quantitative estimate of drug-likeness (QED) is 0.447. The lowest BCUT2D eigenvalue weighted by Crippen LogP contribution is -2.33. The first-order valence-corrected chi connectivity index (χ1v) is 11.8. The molecule has 0 amide bonds. The highest BCUT2D eigenvalue weighted by atomic mass is 35.5. The van der Waals surface area contributed by atoms with Gasteiger partial charge in [-0.15, -0.1) is 5.10 Å². The smallest absolute Gasteiger partial charge is 0.305 e. The van der Waals surface area contributed by atoms with Gasteiger partial charge in [0, 0.05) is 12.6 Å². The predicted octanol–water partition coefficient (Wildman–Crippen LogP) is 3.18. The summed E-state index contributed by atoms with van der Waals surface area (Å²) in [5.41, 5.74) is -0.448. The van der Waals surface area contributed by atoms with Gasteiger partial charge in [0.2, 0.25) is 5.69 Å². The maximum Gasteiger partial charge on any atom is 0.349 e. The summed E-state index contributed by atoms with van der Waals surface area (Å²) in [6, 6.07) is 7.68. The van der Waals surface area contributed by atoms with Crippen LogP contribution in [0, 0.1) is 17.2 Å². The molecule has 5 rings (SSSR count). The average Bonchev–Trinajstić information content (AvgIpc) is 3.25. The van der Waals surface area contributed by atoms with Crippen LogP contribution in [0.2, 0.25) is 10.0 Å². The molecule has 0 unspecified atom stereocenters. The zero-order chi connectivity index (χ0) is 24.7. The molecule has 0 bridgehead atoms. The zero-order valence-electron chi connectivity index (χ0n) is 18.4. The molecule has 10 nitrogen and oxygen atoms in total. The van der Waals surface area contributed by atoms with E-state index in [2.05, 4.69) is 10.2 Å². The second-order valence-corrected chi connectivity index (χ2v) is 9.32. The molecular formula is C23H19Cl2N7O3. The van der Waals surface area contributed by atoms with Crippen LogP contribution in [-0.2, 0) is 6.54 Å². The van der Waals surface area contributed by atoms with Crippen molar-refractivity contribution in [2.45, 2.75) is 38.6 Å². The molecule has 3 aromatic heterocycles. The number of nitrogens with zero attached hydrogens (tertiary/aromatic N) is 6. The van der Waals surface area contributed by atoms with Gasteiger partial charge >= 0.3 is 5.69 Å². The summed E-state index contributed by atoms with van der Waals surface area (Å²) >= 11 is 13.1. The molecule has 4 aromatic rings. The number of rotatable bonds is 4. The van der Waals surface area contributed by atoms with E-state index in [1.54, 1.807) is 27.6 Å². The van der Waals surface area contributed by atoms with E-state index in [0.717, 1.165) is 17.5 Å². The topological polar surface area (TPSA) is 131 Å². The summed E-state index contributed by atoms with van der Waals surface area (Å²) in [5.74, 6) is 0.447. The molecule has 3 heterocycles. The van der Waals surface area contributed by atoms with Gasteiger partial charge in [0.05, 0.1) is 33.0 Å². The molecular weight excluding hydrogens is 493 g/mol. The first-order valence-electron chi connectivity index (χ1n) is 11.1. The lowest BCUT2D eigenvalue weighted by molar-refractivity contribution is 0.320. The second-order valence-electron chi connectivity index (χ2n) is 8.50. The Bertz CT molecular complexity index is 1650. The molecule has 0 saturated heterocycles. The molecule has 1 aromatic carbocycles. The second kappa shape index (κ2) is 9.17. The van der Waals surface area contributed by atoms with E-state index in [1.807, 2.05) is 4.98 Å². The third-order valence-electron chi connectivity index (χ3n) is 6.28. The van der Waals surface area contributed by atoms with Gasteiger partial charge in [0.25, 0.3) is 11.1 Å². The molecule has 1 aliphatic carbocycles. The van der Waals surface area contributed by atoms with E-state index in [9.17, 15) is 14.4 Å². The first-order chi connectivity index (χ1) is 16.9. The van der Waals surface area contributed by atoms with Gasteiger partial charge < -0.3 is 4.57 Å². The van der Waals surface area contributed by atoms with Gasteiger partial charge in [0.15, 0.2) is 0 Å². The number of H-pyrrole nitrogens is 1. The zero-order valence-corrected chi connectivity index (χ0v) is 19.9. The SMILES string of the molecule is N#Cc1nn(-c2cc(Cl)c(-n3ncc4c3ccc(=O)n4CC3CCCCC3)c(Cl)c2)c(=O)[nH]c1=O. The predicted molar refractivity (Wildman–Crippen MR) is 131 cm³/mol. The number of nitrogens with one attached hydrogen (secondary N) is 1. The number of nitriles is 1. The van der Waals surface area contributed by atoms with Gasteiger partial charge in [0.1, 0.15) is 11.8 Å². The minimum absolute atomic E-state index is 0.0908. The summed E-state index contributed by atoms with van der Waals surface area (Å²) in [5, 5.41) is 17.6. The van der Waals surface area contributed by atoms with Crippen molar-refractivity contribution in [1.82, 2.24) is 29.1 Å². The molecule has 1 N–H and O–H groups in total. The Kier molecular flexibility index (Phi) is 6.05. The molecule has 0 radical (unpaired) electrons. The van der Waals surface area contributed by atoms with E-state index >= 15 is 0 Å². The highest BCUT2D eigenvalue weighted by Crippen LogP contribution is 2.33. The van der Waals surface area contributed by atoms with Crippen LogP contribution in [-0.4, -0.2) is 29.1 Å². The number of fused-ring (bicyclic) bond motifs is 1. The summed E-state index contributed by atoms with van der Waals surface area (Å²) < 4.78 is 4.13. The van der Waals surface area contributed by atoms with Crippen LogP contribution in [0.4, 0.5) is 0 Å². The maximum absolute atomic E-state index is 12.7. The molecule has 0 aliphatic heterocycles. The van der Waals surface area contributed by atoms with Crippen LogP contribution in [0.25, 0.3) is 22.4 Å². The van der Waals surface area contributed by atoms with Crippen molar-refractivity contribution in [2.24, 2.45) is 5.92 Å². The van der Waals surface area contributed by atoms with Crippen molar-refractivity contribution < 1.29 is 0 Å². The number of halogens is 2. The number of benzene rings is 1. The summed E-state index contributed by atoms with van der Waals surface area (Å²) in [4.78, 5) is 38.6. The Morgan fingerprint density at radius 2 is 1.74 bits per heavy atom. The number of aromatic amines is 1. The van der Waals surface area contributed by atoms with E-state index in [1.165, 1.54) is 37.5 Å². The van der Waals surface area contributed by atoms with Gasteiger partial charge in [-0.2, -0.15) is 15.0 Å². The van der Waals surface area contributed by atoms with Gasteiger partial charge in [-0.05, 0) is 37.0 Å². The van der Waals surface area contributed by atoms with Crippen molar-refractivity contribution in [2.75, 3.05) is 0 Å². The Labute approximate surface area is 207 Å². The lowest BCUT2D eigenvalue weighted by atomic mass is 9.89. The molecule has 1 saturated carbocycles. The minimum Gasteiger partial charge on any atom is -0.305 e. The van der Waals surface area contributed by atoms with Gasteiger partial charge in [-0.25, -0.2) is 9.48 Å². The van der Waals surface area contributed by atoms with Crippen molar-refractivity contribution in [3.63, 3.8) is 0 Å². The van der Waals surface area contributed by atoms with E-state index < -0.39 is 16.9 Å².